The summed E-state index contributed by atoms with van der Waals surface area (Å²) in [5.74, 6) is -0.885. The van der Waals surface area contributed by atoms with E-state index in [1.807, 2.05) is 0 Å². The van der Waals surface area contributed by atoms with Gasteiger partial charge in [0.05, 0.1) is 19.2 Å². The van der Waals surface area contributed by atoms with E-state index in [4.69, 9.17) is 15.7 Å². The molecule has 10 nitrogen and oxygen atoms in total. The summed E-state index contributed by atoms with van der Waals surface area (Å²) in [6.07, 6.45) is 0.588. The largest absolute Gasteiger partial charge is 0.465 e. The fraction of sp³-hybridized carbons (Fsp3) is 0.474. The molecule has 2 atom stereocenters. The molecular formula is C19H27N5O5. The zero-order valence-corrected chi connectivity index (χ0v) is 16.6. The zero-order valence-electron chi connectivity index (χ0n) is 16.6. The Labute approximate surface area is 169 Å². The molecule has 1 aromatic carbocycles. The van der Waals surface area contributed by atoms with Gasteiger partial charge in [-0.2, -0.15) is 0 Å². The van der Waals surface area contributed by atoms with Crippen LogP contribution in [0.15, 0.2) is 29.4 Å². The highest BCUT2D eigenvalue weighted by atomic mass is 16.5. The number of oxime groups is 1. The molecule has 1 aromatic rings. The van der Waals surface area contributed by atoms with E-state index in [0.717, 1.165) is 5.56 Å². The van der Waals surface area contributed by atoms with Crippen molar-refractivity contribution in [1.29, 1.82) is 0 Å². The summed E-state index contributed by atoms with van der Waals surface area (Å²) in [5, 5.41) is 17.2. The van der Waals surface area contributed by atoms with Crippen LogP contribution in [0.1, 0.15) is 31.4 Å². The predicted molar refractivity (Wildman–Crippen MR) is 105 cm³/mol. The van der Waals surface area contributed by atoms with Crippen molar-refractivity contribution < 1.29 is 24.3 Å². The van der Waals surface area contributed by atoms with Crippen molar-refractivity contribution in [2.45, 2.75) is 38.9 Å². The number of ether oxygens (including phenoxy) is 1. The molecule has 158 valence electrons. The number of rotatable bonds is 9. The fourth-order valence-corrected chi connectivity index (χ4v) is 2.87. The topological polar surface area (TPSA) is 146 Å². The molecule has 0 bridgehead atoms. The molecule has 1 aliphatic heterocycles. The second kappa shape index (κ2) is 10.4. The Balaban J connectivity index is 1.82. The number of hydrogen-bond donors (Lipinski definition) is 4. The lowest BCUT2D eigenvalue weighted by molar-refractivity contribution is -0.149. The number of likely N-dealkylation sites (tertiary alicyclic amines) is 1. The number of amidine groups is 1. The van der Waals surface area contributed by atoms with Gasteiger partial charge in [-0.25, -0.2) is 0 Å². The van der Waals surface area contributed by atoms with E-state index in [9.17, 15) is 14.4 Å². The Hall–Kier alpha value is -3.14. The molecule has 0 radical (unpaired) electrons. The molecular weight excluding hydrogens is 378 g/mol. The predicted octanol–water partition coefficient (Wildman–Crippen LogP) is -0.461. The second-order valence-electron chi connectivity index (χ2n) is 6.64. The van der Waals surface area contributed by atoms with E-state index < -0.39 is 18.1 Å². The minimum absolute atomic E-state index is 0.00916. The number of carbonyl (C=O) groups excluding carboxylic acids is 3. The summed E-state index contributed by atoms with van der Waals surface area (Å²) < 4.78 is 4.82. The number of hydrogen-bond acceptors (Lipinski definition) is 7. The van der Waals surface area contributed by atoms with Gasteiger partial charge in [-0.3, -0.25) is 19.7 Å². The van der Waals surface area contributed by atoms with Gasteiger partial charge in [0.25, 0.3) is 0 Å². The molecule has 2 amide bonds. The molecule has 1 heterocycles. The SMILES string of the molecule is CCOC(=O)CN[C@H](C)C(=O)N1CC[C@H]1C(=O)NCc1ccc(/C(N)=N/O)cc1. The van der Waals surface area contributed by atoms with Crippen LogP contribution in [0.4, 0.5) is 0 Å². The van der Waals surface area contributed by atoms with Crippen molar-refractivity contribution in [2.24, 2.45) is 10.9 Å². The number of carbonyl (C=O) groups is 3. The van der Waals surface area contributed by atoms with Crippen molar-refractivity contribution in [3.63, 3.8) is 0 Å². The molecule has 2 rings (SSSR count). The van der Waals surface area contributed by atoms with E-state index >= 15 is 0 Å². The Morgan fingerprint density at radius 2 is 2.03 bits per heavy atom. The zero-order chi connectivity index (χ0) is 21.4. The lowest BCUT2D eigenvalue weighted by Crippen LogP contribution is -2.61. The van der Waals surface area contributed by atoms with Crippen LogP contribution in [0.3, 0.4) is 0 Å². The monoisotopic (exact) mass is 405 g/mol. The highest BCUT2D eigenvalue weighted by molar-refractivity contribution is 5.97. The van der Waals surface area contributed by atoms with Crippen molar-refractivity contribution in [3.8, 4) is 0 Å². The first-order valence-corrected chi connectivity index (χ1v) is 9.41. The summed E-state index contributed by atoms with van der Waals surface area (Å²) in [4.78, 5) is 37.8. The van der Waals surface area contributed by atoms with Gasteiger partial charge in [-0.1, -0.05) is 29.4 Å². The van der Waals surface area contributed by atoms with Gasteiger partial charge in [-0.05, 0) is 25.8 Å². The van der Waals surface area contributed by atoms with Gasteiger partial charge < -0.3 is 25.9 Å². The number of amides is 2. The smallest absolute Gasteiger partial charge is 0.319 e. The number of benzene rings is 1. The molecule has 0 spiro atoms. The molecule has 29 heavy (non-hydrogen) atoms. The van der Waals surface area contributed by atoms with E-state index in [1.54, 1.807) is 38.1 Å². The highest BCUT2D eigenvalue weighted by Gasteiger charge is 2.39. The molecule has 10 heteroatoms. The van der Waals surface area contributed by atoms with Crippen molar-refractivity contribution in [1.82, 2.24) is 15.5 Å². The quantitative estimate of drug-likeness (QED) is 0.143. The summed E-state index contributed by atoms with van der Waals surface area (Å²) >= 11 is 0. The Kier molecular flexibility index (Phi) is 7.96. The molecule has 0 aromatic heterocycles. The van der Waals surface area contributed by atoms with Crippen LogP contribution in [0, 0.1) is 0 Å². The normalized spacial score (nSPS) is 17.2. The lowest BCUT2D eigenvalue weighted by atomic mass is 10.0. The minimum atomic E-state index is -0.596. The standard InChI is InChI=1S/C19H27N5O5/c1-3-29-16(25)11-21-12(2)19(27)24-9-8-15(24)18(26)22-10-13-4-6-14(7-5-13)17(20)23-28/h4-7,12,15,21,28H,3,8-11H2,1-2H3,(H2,20,23)(H,22,26)/t12-,15+/m1/s1. The second-order valence-corrected chi connectivity index (χ2v) is 6.64. The lowest BCUT2D eigenvalue weighted by Gasteiger charge is -2.41. The van der Waals surface area contributed by atoms with Gasteiger partial charge in [0.15, 0.2) is 5.84 Å². The van der Waals surface area contributed by atoms with Gasteiger partial charge >= 0.3 is 5.97 Å². The van der Waals surface area contributed by atoms with Crippen LogP contribution in [-0.2, 0) is 25.7 Å². The summed E-state index contributed by atoms with van der Waals surface area (Å²) in [7, 11) is 0. The van der Waals surface area contributed by atoms with E-state index in [0.29, 0.717) is 25.1 Å². The van der Waals surface area contributed by atoms with Crippen LogP contribution in [0.2, 0.25) is 0 Å². The first-order valence-electron chi connectivity index (χ1n) is 9.41. The van der Waals surface area contributed by atoms with Crippen LogP contribution in [0.25, 0.3) is 0 Å². The van der Waals surface area contributed by atoms with E-state index in [2.05, 4.69) is 15.8 Å². The van der Waals surface area contributed by atoms with Crippen LogP contribution >= 0.6 is 0 Å². The van der Waals surface area contributed by atoms with Crippen LogP contribution < -0.4 is 16.4 Å². The molecule has 0 unspecified atom stereocenters. The first-order chi connectivity index (χ1) is 13.9. The summed E-state index contributed by atoms with van der Waals surface area (Å²) in [6, 6.07) is 5.78. The number of nitrogens with two attached hydrogens (primary N) is 1. The first kappa shape index (κ1) is 22.2. The van der Waals surface area contributed by atoms with Gasteiger partial charge in [-0.15, -0.1) is 0 Å². The fourth-order valence-electron chi connectivity index (χ4n) is 2.87. The summed E-state index contributed by atoms with van der Waals surface area (Å²) in [6.45, 7) is 4.37. The summed E-state index contributed by atoms with van der Waals surface area (Å²) in [5.41, 5.74) is 6.93. The molecule has 1 fully saturated rings. The third-order valence-electron chi connectivity index (χ3n) is 4.66. The molecule has 0 saturated carbocycles. The van der Waals surface area contributed by atoms with Gasteiger partial charge in [0.1, 0.15) is 6.04 Å². The average molecular weight is 405 g/mol. The van der Waals surface area contributed by atoms with Gasteiger partial charge in [0.2, 0.25) is 11.8 Å². The van der Waals surface area contributed by atoms with E-state index in [1.165, 1.54) is 4.90 Å². The maximum atomic E-state index is 12.5. The number of esters is 1. The molecule has 1 aliphatic rings. The third-order valence-corrected chi connectivity index (χ3v) is 4.66. The van der Waals surface area contributed by atoms with Crippen LogP contribution in [0.5, 0.6) is 0 Å². The molecule has 0 aliphatic carbocycles. The van der Waals surface area contributed by atoms with Crippen LogP contribution in [-0.4, -0.2) is 65.5 Å². The van der Waals surface area contributed by atoms with Crippen molar-refractivity contribution in [2.75, 3.05) is 19.7 Å². The van der Waals surface area contributed by atoms with Crippen molar-refractivity contribution in [3.05, 3.63) is 35.4 Å². The Morgan fingerprint density at radius 3 is 2.59 bits per heavy atom. The average Bonchev–Trinajstić information content (AvgIpc) is 2.69. The Bertz CT molecular complexity index is 765. The number of nitrogens with one attached hydrogen (secondary N) is 2. The molecule has 1 saturated heterocycles. The maximum absolute atomic E-state index is 12.5. The maximum Gasteiger partial charge on any atom is 0.319 e. The molecule has 5 N–H and O–H groups in total. The highest BCUT2D eigenvalue weighted by Crippen LogP contribution is 2.19. The third kappa shape index (κ3) is 5.92. The Morgan fingerprint density at radius 1 is 1.34 bits per heavy atom. The van der Waals surface area contributed by atoms with Crippen molar-refractivity contribution >= 4 is 23.6 Å². The minimum Gasteiger partial charge on any atom is -0.465 e. The number of nitrogens with zero attached hydrogens (tertiary/aromatic N) is 2. The van der Waals surface area contributed by atoms with E-state index in [-0.39, 0.29) is 30.8 Å². The van der Waals surface area contributed by atoms with Gasteiger partial charge in [0, 0.05) is 18.7 Å².